The summed E-state index contributed by atoms with van der Waals surface area (Å²) < 4.78 is 39.6. The largest absolute Gasteiger partial charge is 0.472 e. The smallest absolute Gasteiger partial charge is 0.462 e. The van der Waals surface area contributed by atoms with E-state index >= 15 is 0 Å². The number of unbranched alkanes of at least 4 members (excludes halogenated alkanes) is 28. The Bertz CT molecular complexity index is 1550. The summed E-state index contributed by atoms with van der Waals surface area (Å²) in [5, 5.41) is 9.83. The van der Waals surface area contributed by atoms with Crippen molar-refractivity contribution in [2.24, 2.45) is 0 Å². The molecule has 3 unspecified atom stereocenters. The van der Waals surface area contributed by atoms with Gasteiger partial charge in [0.25, 0.3) is 0 Å². The average molecular weight is 1090 g/mol. The highest BCUT2D eigenvalue weighted by atomic mass is 31.2. The monoisotopic (exact) mass is 1090 g/mol. The Morgan fingerprint density at radius 2 is 0.684 bits per heavy atom. The number of ether oxygens (including phenoxy) is 3. The van der Waals surface area contributed by atoms with Crippen molar-refractivity contribution in [1.29, 1.82) is 0 Å². The topological polar surface area (TPSA) is 155 Å². The van der Waals surface area contributed by atoms with E-state index in [4.69, 9.17) is 23.3 Å². The van der Waals surface area contributed by atoms with Crippen LogP contribution in [0.3, 0.4) is 0 Å². The highest BCUT2D eigenvalue weighted by Crippen LogP contribution is 2.43. The molecule has 76 heavy (non-hydrogen) atoms. The molecule has 0 saturated carbocycles. The van der Waals surface area contributed by atoms with E-state index in [1.165, 1.54) is 103 Å². The van der Waals surface area contributed by atoms with Crippen LogP contribution in [0.2, 0.25) is 0 Å². The van der Waals surface area contributed by atoms with Gasteiger partial charge in [-0.05, 0) is 109 Å². The molecule has 0 aliphatic carbocycles. The van der Waals surface area contributed by atoms with Crippen molar-refractivity contribution in [3.63, 3.8) is 0 Å². The molecule has 0 aliphatic rings. The summed E-state index contributed by atoms with van der Waals surface area (Å²) in [6, 6.07) is 0. The van der Waals surface area contributed by atoms with Gasteiger partial charge in [-0.1, -0.05) is 222 Å². The van der Waals surface area contributed by atoms with Crippen molar-refractivity contribution >= 4 is 25.7 Å². The summed E-state index contributed by atoms with van der Waals surface area (Å²) in [4.78, 5) is 48.7. The number of allylic oxidation sites excluding steroid dienone is 12. The summed E-state index contributed by atoms with van der Waals surface area (Å²) in [7, 11) is -4.76. The number of aliphatic hydroxyl groups excluding tert-OH is 1. The average Bonchev–Trinajstić information content (AvgIpc) is 3.41. The Morgan fingerprint density at radius 3 is 1.09 bits per heavy atom. The lowest BCUT2D eigenvalue weighted by molar-refractivity contribution is -0.161. The van der Waals surface area contributed by atoms with Gasteiger partial charge in [-0.2, -0.15) is 0 Å². The number of hydrogen-bond donors (Lipinski definition) is 2. The van der Waals surface area contributed by atoms with Gasteiger partial charge in [0.2, 0.25) is 0 Å². The number of phosphoric acid groups is 1. The minimum Gasteiger partial charge on any atom is -0.462 e. The van der Waals surface area contributed by atoms with Gasteiger partial charge in [-0.3, -0.25) is 23.4 Å². The summed E-state index contributed by atoms with van der Waals surface area (Å²) in [5.41, 5.74) is 0. The Morgan fingerprint density at radius 1 is 0.382 bits per heavy atom. The third-order valence-electron chi connectivity index (χ3n) is 13.1. The van der Waals surface area contributed by atoms with Gasteiger partial charge in [0.15, 0.2) is 6.10 Å². The van der Waals surface area contributed by atoms with E-state index in [1.54, 1.807) is 0 Å². The maximum atomic E-state index is 12.9. The first-order valence-electron chi connectivity index (χ1n) is 30.8. The molecule has 0 aromatic heterocycles. The van der Waals surface area contributed by atoms with Crippen LogP contribution >= 0.6 is 7.82 Å². The van der Waals surface area contributed by atoms with Crippen molar-refractivity contribution in [2.75, 3.05) is 26.4 Å². The lowest BCUT2D eigenvalue weighted by Gasteiger charge is -2.21. The second-order valence-electron chi connectivity index (χ2n) is 20.5. The molecule has 11 nitrogen and oxygen atoms in total. The van der Waals surface area contributed by atoms with Crippen LogP contribution in [0.1, 0.15) is 278 Å². The number of phosphoric ester groups is 1. The van der Waals surface area contributed by atoms with Gasteiger partial charge >= 0.3 is 25.7 Å². The van der Waals surface area contributed by atoms with Crippen LogP contribution in [0.15, 0.2) is 72.9 Å². The molecule has 0 aromatic rings. The van der Waals surface area contributed by atoms with Gasteiger partial charge in [0.05, 0.1) is 19.8 Å². The first-order valence-corrected chi connectivity index (χ1v) is 32.3. The lowest BCUT2D eigenvalue weighted by Crippen LogP contribution is -2.30. The molecule has 0 spiro atoms. The molecule has 3 atom stereocenters. The molecule has 0 amide bonds. The van der Waals surface area contributed by atoms with E-state index in [0.29, 0.717) is 19.3 Å². The number of rotatable bonds is 57. The molecule has 0 radical (unpaired) electrons. The second kappa shape index (κ2) is 58.1. The molecule has 0 saturated heterocycles. The van der Waals surface area contributed by atoms with Crippen LogP contribution in [-0.2, 0) is 42.2 Å². The van der Waals surface area contributed by atoms with E-state index in [9.17, 15) is 28.9 Å². The van der Waals surface area contributed by atoms with Crippen LogP contribution in [0.4, 0.5) is 0 Å². The number of carbonyl (C=O) groups excluding carboxylic acids is 3. The zero-order valence-electron chi connectivity index (χ0n) is 48.7. The van der Waals surface area contributed by atoms with E-state index in [-0.39, 0.29) is 25.9 Å². The van der Waals surface area contributed by atoms with Crippen molar-refractivity contribution in [3.8, 4) is 0 Å². The predicted molar refractivity (Wildman–Crippen MR) is 316 cm³/mol. The Balaban J connectivity index is 4.74. The summed E-state index contributed by atoms with van der Waals surface area (Å²) in [6.07, 6.45) is 65.6. The Kier molecular flexibility index (Phi) is 55.7. The third kappa shape index (κ3) is 55.7. The Hall–Kier alpha value is -3.08. The number of aliphatic hydroxyl groups is 1. The van der Waals surface area contributed by atoms with Gasteiger partial charge in [0, 0.05) is 19.3 Å². The van der Waals surface area contributed by atoms with Crippen molar-refractivity contribution in [3.05, 3.63) is 72.9 Å². The molecule has 0 fully saturated rings. The molecule has 0 aliphatic heterocycles. The molecule has 0 aromatic carbocycles. The molecule has 0 bridgehead atoms. The summed E-state index contributed by atoms with van der Waals surface area (Å²) >= 11 is 0. The van der Waals surface area contributed by atoms with E-state index in [0.717, 1.165) is 116 Å². The third-order valence-corrected chi connectivity index (χ3v) is 14.0. The van der Waals surface area contributed by atoms with Crippen LogP contribution in [0.25, 0.3) is 0 Å². The SMILES string of the molecule is CC/C=C\C/C=C\C/C=C\CCCCCCCC(=O)OC(CO)COP(=O)(O)OCC(COC(=O)CCCCCCCCC/C=C\CCCCCCCC)OC(=O)CCCCCCCCC/C=C\C/C=C\CCCCC. The standard InChI is InChI=1S/C64H113O11P/c1-4-7-10-13-16-19-22-25-28-30-33-35-38-41-44-47-50-53-62(66)71-57-61(75-64(68)55-52-49-46-43-40-37-34-31-29-26-23-20-17-14-11-8-5-2)59-73-76(69,70)72-58-60(56-65)74-63(67)54-51-48-45-42-39-36-32-27-24-21-18-15-12-9-6-3/h9,12,17-18,20-21,25-29,32,60-61,65H,4-8,10-11,13-16,19,22-24,30-31,33-59H2,1-3H3,(H,69,70)/b12-9-,20-17-,21-18-,28-25-,29-26-,32-27-. The predicted octanol–water partition coefficient (Wildman–Crippen LogP) is 18.5. The van der Waals surface area contributed by atoms with Crippen molar-refractivity contribution in [2.45, 2.75) is 290 Å². The number of hydrogen-bond acceptors (Lipinski definition) is 10. The molecular weight excluding hydrogens is 976 g/mol. The molecular formula is C64H113O11P. The van der Waals surface area contributed by atoms with Crippen LogP contribution in [-0.4, -0.2) is 66.5 Å². The van der Waals surface area contributed by atoms with E-state index in [2.05, 4.69) is 93.7 Å². The van der Waals surface area contributed by atoms with Gasteiger partial charge in [-0.15, -0.1) is 0 Å². The summed E-state index contributed by atoms with van der Waals surface area (Å²) in [5.74, 6) is -1.49. The number of carbonyl (C=O) groups is 3. The van der Waals surface area contributed by atoms with E-state index in [1.807, 2.05) is 0 Å². The fourth-order valence-corrected chi connectivity index (χ4v) is 9.18. The van der Waals surface area contributed by atoms with Crippen LogP contribution < -0.4 is 0 Å². The maximum Gasteiger partial charge on any atom is 0.472 e. The zero-order chi connectivity index (χ0) is 55.5. The molecule has 2 N–H and O–H groups in total. The highest BCUT2D eigenvalue weighted by Gasteiger charge is 2.28. The van der Waals surface area contributed by atoms with Gasteiger partial charge in [0.1, 0.15) is 12.7 Å². The zero-order valence-corrected chi connectivity index (χ0v) is 49.6. The van der Waals surface area contributed by atoms with Crippen molar-refractivity contribution in [1.82, 2.24) is 0 Å². The van der Waals surface area contributed by atoms with E-state index < -0.39 is 57.8 Å². The van der Waals surface area contributed by atoms with Crippen LogP contribution in [0.5, 0.6) is 0 Å². The second-order valence-corrected chi connectivity index (χ2v) is 21.9. The summed E-state index contributed by atoms with van der Waals surface area (Å²) in [6.45, 7) is 4.50. The Labute approximate surface area is 465 Å². The van der Waals surface area contributed by atoms with Crippen LogP contribution in [0, 0.1) is 0 Å². The fourth-order valence-electron chi connectivity index (χ4n) is 8.40. The quantitative estimate of drug-likeness (QED) is 0.0197. The molecule has 440 valence electrons. The van der Waals surface area contributed by atoms with Gasteiger partial charge in [-0.25, -0.2) is 4.57 Å². The molecule has 12 heteroatoms. The minimum absolute atomic E-state index is 0.156. The fraction of sp³-hybridized carbons (Fsp3) is 0.766. The first-order chi connectivity index (χ1) is 37.2. The lowest BCUT2D eigenvalue weighted by atomic mass is 10.1. The van der Waals surface area contributed by atoms with Crippen molar-refractivity contribution < 1.29 is 52.2 Å². The maximum absolute atomic E-state index is 12.9. The van der Waals surface area contributed by atoms with Gasteiger partial charge < -0.3 is 24.2 Å². The first kappa shape index (κ1) is 72.9. The minimum atomic E-state index is -4.76. The molecule has 0 heterocycles. The molecule has 0 rings (SSSR count). The number of esters is 3. The normalized spacial score (nSPS) is 13.8. The highest BCUT2D eigenvalue weighted by molar-refractivity contribution is 7.47.